The van der Waals surface area contributed by atoms with Crippen LogP contribution in [0, 0.1) is 0 Å². The Bertz CT molecular complexity index is 348. The highest BCUT2D eigenvalue weighted by atomic mass is 79.9. The summed E-state index contributed by atoms with van der Waals surface area (Å²) in [6, 6.07) is 2.94. The Morgan fingerprint density at radius 3 is 2.53 bits per heavy atom. The summed E-state index contributed by atoms with van der Waals surface area (Å²) in [5.41, 5.74) is 0.885. The topological polar surface area (TPSA) is 12.9 Å². The van der Waals surface area contributed by atoms with Gasteiger partial charge in [0.25, 0.3) is 6.43 Å². The number of pyridine rings is 1. The molecule has 4 heteroatoms. The van der Waals surface area contributed by atoms with E-state index >= 15 is 0 Å². The summed E-state index contributed by atoms with van der Waals surface area (Å²) < 4.78 is 25.6. The first-order valence-corrected chi connectivity index (χ1v) is 5.91. The van der Waals surface area contributed by atoms with E-state index in [0.717, 1.165) is 18.5 Å². The smallest absolute Gasteiger partial charge is 0.246 e. The summed E-state index contributed by atoms with van der Waals surface area (Å²) in [5.74, 6) is 0.375. The van der Waals surface area contributed by atoms with Crippen LogP contribution in [0.2, 0.25) is 0 Å². The molecule has 0 aliphatic heterocycles. The molecule has 0 amide bonds. The molecule has 1 fully saturated rings. The zero-order chi connectivity index (χ0) is 10.8. The van der Waals surface area contributed by atoms with Crippen LogP contribution in [0.25, 0.3) is 0 Å². The third-order valence-corrected chi connectivity index (χ3v) is 3.27. The van der Waals surface area contributed by atoms with E-state index in [1.165, 1.54) is 18.9 Å². The average Bonchev–Trinajstić information content (AvgIpc) is 2.69. The third-order valence-electron chi connectivity index (χ3n) is 2.86. The molecule has 0 unspecified atom stereocenters. The summed E-state index contributed by atoms with van der Waals surface area (Å²) in [5, 5.41) is 0. The van der Waals surface area contributed by atoms with Gasteiger partial charge in [-0.25, -0.2) is 13.8 Å². The molecule has 0 radical (unpaired) electrons. The Kier molecular flexibility index (Phi) is 3.34. The van der Waals surface area contributed by atoms with Gasteiger partial charge >= 0.3 is 0 Å². The van der Waals surface area contributed by atoms with Crippen molar-refractivity contribution in [1.29, 1.82) is 0 Å². The van der Waals surface area contributed by atoms with Crippen LogP contribution >= 0.6 is 15.9 Å². The monoisotopic (exact) mass is 275 g/mol. The Hall–Kier alpha value is -0.510. The second-order valence-corrected chi connectivity index (χ2v) is 4.74. The van der Waals surface area contributed by atoms with E-state index < -0.39 is 6.43 Å². The van der Waals surface area contributed by atoms with Gasteiger partial charge in [-0.2, -0.15) is 0 Å². The standard InChI is InChI=1S/C11H12BrF2N/c12-10-6-8(11(13)14)5-9(15-10)7-3-1-2-4-7/h5-7,11H,1-4H2. The lowest BCUT2D eigenvalue weighted by Crippen LogP contribution is -1.99. The van der Waals surface area contributed by atoms with Gasteiger partial charge in [0, 0.05) is 17.2 Å². The van der Waals surface area contributed by atoms with E-state index in [1.807, 2.05) is 0 Å². The molecule has 1 nitrogen and oxygen atoms in total. The minimum atomic E-state index is -2.41. The first-order chi connectivity index (χ1) is 7.16. The second-order valence-electron chi connectivity index (χ2n) is 3.93. The van der Waals surface area contributed by atoms with Crippen LogP contribution < -0.4 is 0 Å². The van der Waals surface area contributed by atoms with Gasteiger partial charge in [-0.05, 0) is 40.9 Å². The molecule has 1 aromatic heterocycles. The molecule has 1 aliphatic rings. The molecule has 15 heavy (non-hydrogen) atoms. The summed E-state index contributed by atoms with van der Waals surface area (Å²) >= 11 is 3.18. The molecule has 0 bridgehead atoms. The fraction of sp³-hybridized carbons (Fsp3) is 0.545. The number of rotatable bonds is 2. The lowest BCUT2D eigenvalue weighted by Gasteiger charge is -2.10. The summed E-state index contributed by atoms with van der Waals surface area (Å²) in [6.07, 6.45) is 2.11. The molecule has 1 aromatic rings. The second kappa shape index (κ2) is 4.56. The lowest BCUT2D eigenvalue weighted by molar-refractivity contribution is 0.151. The highest BCUT2D eigenvalue weighted by molar-refractivity contribution is 9.10. The fourth-order valence-corrected chi connectivity index (χ4v) is 2.56. The molecular formula is C11H12BrF2N. The van der Waals surface area contributed by atoms with E-state index in [-0.39, 0.29) is 5.56 Å². The van der Waals surface area contributed by atoms with Crippen LogP contribution in [0.5, 0.6) is 0 Å². The summed E-state index contributed by atoms with van der Waals surface area (Å²) in [4.78, 5) is 4.28. The maximum Gasteiger partial charge on any atom is 0.264 e. The highest BCUT2D eigenvalue weighted by Gasteiger charge is 2.20. The Morgan fingerprint density at radius 1 is 1.27 bits per heavy atom. The van der Waals surface area contributed by atoms with Crippen molar-refractivity contribution >= 4 is 15.9 Å². The molecule has 1 heterocycles. The van der Waals surface area contributed by atoms with Gasteiger partial charge in [0.2, 0.25) is 0 Å². The van der Waals surface area contributed by atoms with Crippen LogP contribution in [0.1, 0.15) is 49.3 Å². The molecular weight excluding hydrogens is 264 g/mol. The van der Waals surface area contributed by atoms with E-state index in [4.69, 9.17) is 0 Å². The number of aromatic nitrogens is 1. The van der Waals surface area contributed by atoms with Crippen LogP contribution in [-0.4, -0.2) is 4.98 Å². The first kappa shape index (κ1) is 11.0. The highest BCUT2D eigenvalue weighted by Crippen LogP contribution is 2.35. The van der Waals surface area contributed by atoms with E-state index in [0.29, 0.717) is 10.5 Å². The average molecular weight is 276 g/mol. The van der Waals surface area contributed by atoms with Gasteiger partial charge < -0.3 is 0 Å². The van der Waals surface area contributed by atoms with Crippen molar-refractivity contribution < 1.29 is 8.78 Å². The molecule has 0 aromatic carbocycles. The van der Waals surface area contributed by atoms with Gasteiger partial charge in [-0.15, -0.1) is 0 Å². The van der Waals surface area contributed by atoms with E-state index in [9.17, 15) is 8.78 Å². The molecule has 82 valence electrons. The van der Waals surface area contributed by atoms with Gasteiger partial charge in [-0.1, -0.05) is 12.8 Å². The van der Waals surface area contributed by atoms with Gasteiger partial charge in [0.1, 0.15) is 4.60 Å². The molecule has 1 aliphatic carbocycles. The zero-order valence-electron chi connectivity index (χ0n) is 8.22. The molecule has 1 saturated carbocycles. The van der Waals surface area contributed by atoms with Crippen LogP contribution in [0.3, 0.4) is 0 Å². The largest absolute Gasteiger partial charge is 0.264 e. The molecule has 0 atom stereocenters. The zero-order valence-corrected chi connectivity index (χ0v) is 9.80. The Morgan fingerprint density at radius 2 is 1.93 bits per heavy atom. The number of hydrogen-bond acceptors (Lipinski definition) is 1. The summed E-state index contributed by atoms with van der Waals surface area (Å²) in [7, 11) is 0. The van der Waals surface area contributed by atoms with Crippen molar-refractivity contribution in [1.82, 2.24) is 4.98 Å². The van der Waals surface area contributed by atoms with Gasteiger partial charge in [0.05, 0.1) is 0 Å². The Balaban J connectivity index is 2.30. The number of nitrogens with zero attached hydrogens (tertiary/aromatic N) is 1. The van der Waals surface area contributed by atoms with Crippen molar-refractivity contribution in [3.05, 3.63) is 28.0 Å². The van der Waals surface area contributed by atoms with Crippen molar-refractivity contribution in [2.24, 2.45) is 0 Å². The predicted octanol–water partition coefficient (Wildman–Crippen LogP) is 4.44. The van der Waals surface area contributed by atoms with Gasteiger partial charge in [0.15, 0.2) is 0 Å². The Labute approximate surface area is 96.0 Å². The maximum atomic E-state index is 12.6. The van der Waals surface area contributed by atoms with Crippen molar-refractivity contribution in [2.45, 2.75) is 38.0 Å². The minimum absolute atomic E-state index is 0.0683. The van der Waals surface area contributed by atoms with Crippen LogP contribution in [-0.2, 0) is 0 Å². The fourth-order valence-electron chi connectivity index (χ4n) is 2.09. The maximum absolute atomic E-state index is 12.6. The van der Waals surface area contributed by atoms with E-state index in [1.54, 1.807) is 6.07 Å². The predicted molar refractivity (Wildman–Crippen MR) is 58.1 cm³/mol. The number of alkyl halides is 2. The van der Waals surface area contributed by atoms with Crippen molar-refractivity contribution in [3.63, 3.8) is 0 Å². The van der Waals surface area contributed by atoms with E-state index in [2.05, 4.69) is 20.9 Å². The first-order valence-electron chi connectivity index (χ1n) is 5.12. The molecule has 0 N–H and O–H groups in total. The van der Waals surface area contributed by atoms with Gasteiger partial charge in [-0.3, -0.25) is 0 Å². The van der Waals surface area contributed by atoms with Crippen molar-refractivity contribution in [3.8, 4) is 0 Å². The number of halogens is 3. The third kappa shape index (κ3) is 2.54. The minimum Gasteiger partial charge on any atom is -0.246 e. The number of hydrogen-bond donors (Lipinski definition) is 0. The lowest BCUT2D eigenvalue weighted by atomic mass is 10.0. The molecule has 0 spiro atoms. The normalized spacial score (nSPS) is 17.6. The van der Waals surface area contributed by atoms with Crippen LogP contribution in [0.15, 0.2) is 16.7 Å². The summed E-state index contributed by atoms with van der Waals surface area (Å²) in [6.45, 7) is 0. The SMILES string of the molecule is FC(F)c1cc(Br)nc(C2CCCC2)c1. The molecule has 2 rings (SSSR count). The van der Waals surface area contributed by atoms with Crippen molar-refractivity contribution in [2.75, 3.05) is 0 Å². The molecule has 0 saturated heterocycles. The quantitative estimate of drug-likeness (QED) is 0.728. The van der Waals surface area contributed by atoms with Crippen LogP contribution in [0.4, 0.5) is 8.78 Å².